The highest BCUT2D eigenvalue weighted by Crippen LogP contribution is 2.26. The molecule has 2 heteroatoms. The standard InChI is InChI=1S/C12H17NO/c1-13(7-8-14)12-6-5-10-3-2-4-11(10)9-12/h5-6,9,14H,2-4,7-8H2,1H3. The van der Waals surface area contributed by atoms with E-state index in [2.05, 4.69) is 23.1 Å². The monoisotopic (exact) mass is 191 g/mol. The minimum Gasteiger partial charge on any atom is -0.395 e. The van der Waals surface area contributed by atoms with E-state index in [0.29, 0.717) is 6.54 Å². The molecule has 1 aromatic carbocycles. The van der Waals surface area contributed by atoms with Crippen molar-refractivity contribution in [3.63, 3.8) is 0 Å². The van der Waals surface area contributed by atoms with Crippen LogP contribution in [0.5, 0.6) is 0 Å². The van der Waals surface area contributed by atoms with Gasteiger partial charge in [0.2, 0.25) is 0 Å². The number of anilines is 1. The fourth-order valence-electron chi connectivity index (χ4n) is 2.07. The Morgan fingerprint density at radius 2 is 2.07 bits per heavy atom. The third-order valence-corrected chi connectivity index (χ3v) is 2.96. The van der Waals surface area contributed by atoms with Gasteiger partial charge < -0.3 is 10.0 Å². The van der Waals surface area contributed by atoms with Crippen LogP contribution in [-0.4, -0.2) is 25.3 Å². The first kappa shape index (κ1) is 9.53. The van der Waals surface area contributed by atoms with Crippen molar-refractivity contribution in [1.82, 2.24) is 0 Å². The molecule has 0 amide bonds. The van der Waals surface area contributed by atoms with Crippen molar-refractivity contribution in [2.75, 3.05) is 25.1 Å². The molecule has 0 bridgehead atoms. The Labute approximate surface area is 85.2 Å². The zero-order chi connectivity index (χ0) is 9.97. The topological polar surface area (TPSA) is 23.5 Å². The molecule has 14 heavy (non-hydrogen) atoms. The molecule has 0 aromatic heterocycles. The van der Waals surface area contributed by atoms with E-state index in [1.807, 2.05) is 7.05 Å². The van der Waals surface area contributed by atoms with Crippen LogP contribution in [0.4, 0.5) is 5.69 Å². The summed E-state index contributed by atoms with van der Waals surface area (Å²) in [6, 6.07) is 6.64. The predicted molar refractivity (Wildman–Crippen MR) is 58.8 cm³/mol. The van der Waals surface area contributed by atoms with E-state index < -0.39 is 0 Å². The summed E-state index contributed by atoms with van der Waals surface area (Å²) in [5.41, 5.74) is 4.22. The Balaban J connectivity index is 2.19. The Bertz CT molecular complexity index is 322. The molecule has 2 rings (SSSR count). The van der Waals surface area contributed by atoms with Crippen molar-refractivity contribution in [2.45, 2.75) is 19.3 Å². The van der Waals surface area contributed by atoms with E-state index in [1.54, 1.807) is 0 Å². The van der Waals surface area contributed by atoms with Crippen LogP contribution in [-0.2, 0) is 12.8 Å². The van der Waals surface area contributed by atoms with Crippen molar-refractivity contribution in [3.05, 3.63) is 29.3 Å². The molecule has 2 nitrogen and oxygen atoms in total. The van der Waals surface area contributed by atoms with Crippen LogP contribution in [0.1, 0.15) is 17.5 Å². The van der Waals surface area contributed by atoms with Crippen molar-refractivity contribution in [1.29, 1.82) is 0 Å². The number of benzene rings is 1. The smallest absolute Gasteiger partial charge is 0.0606 e. The minimum absolute atomic E-state index is 0.216. The van der Waals surface area contributed by atoms with Gasteiger partial charge in [-0.3, -0.25) is 0 Å². The number of nitrogens with zero attached hydrogens (tertiary/aromatic N) is 1. The molecule has 1 aliphatic rings. The van der Waals surface area contributed by atoms with Gasteiger partial charge in [-0.15, -0.1) is 0 Å². The first-order valence-electron chi connectivity index (χ1n) is 5.25. The summed E-state index contributed by atoms with van der Waals surface area (Å²) < 4.78 is 0. The maximum absolute atomic E-state index is 8.85. The van der Waals surface area contributed by atoms with E-state index in [-0.39, 0.29) is 6.61 Å². The lowest BCUT2D eigenvalue weighted by Gasteiger charge is -2.18. The Morgan fingerprint density at radius 1 is 1.29 bits per heavy atom. The second-order valence-corrected chi connectivity index (χ2v) is 3.95. The van der Waals surface area contributed by atoms with Gasteiger partial charge in [0.1, 0.15) is 0 Å². The van der Waals surface area contributed by atoms with Gasteiger partial charge >= 0.3 is 0 Å². The molecule has 0 fully saturated rings. The van der Waals surface area contributed by atoms with Crippen LogP contribution in [0, 0.1) is 0 Å². The van der Waals surface area contributed by atoms with Gasteiger partial charge in [-0.05, 0) is 42.5 Å². The van der Waals surface area contributed by atoms with Crippen LogP contribution >= 0.6 is 0 Å². The lowest BCUT2D eigenvalue weighted by molar-refractivity contribution is 0.304. The molecule has 0 saturated carbocycles. The average Bonchev–Trinajstić information content (AvgIpc) is 2.64. The van der Waals surface area contributed by atoms with Gasteiger partial charge in [0.25, 0.3) is 0 Å². The highest BCUT2D eigenvalue weighted by molar-refractivity contribution is 5.51. The molecule has 1 N–H and O–H groups in total. The third kappa shape index (κ3) is 1.75. The van der Waals surface area contributed by atoms with Gasteiger partial charge in [0.05, 0.1) is 6.61 Å². The fraction of sp³-hybridized carbons (Fsp3) is 0.500. The zero-order valence-corrected chi connectivity index (χ0v) is 8.66. The Kier molecular flexibility index (Phi) is 2.73. The van der Waals surface area contributed by atoms with Gasteiger partial charge in [-0.25, -0.2) is 0 Å². The number of aryl methyl sites for hydroxylation is 2. The Morgan fingerprint density at radius 3 is 2.86 bits per heavy atom. The number of aliphatic hydroxyl groups excluding tert-OH is 1. The molecule has 0 atom stereocenters. The lowest BCUT2D eigenvalue weighted by Crippen LogP contribution is -2.21. The van der Waals surface area contributed by atoms with Gasteiger partial charge in [0.15, 0.2) is 0 Å². The van der Waals surface area contributed by atoms with Gasteiger partial charge in [-0.1, -0.05) is 6.07 Å². The lowest BCUT2D eigenvalue weighted by atomic mass is 10.1. The van der Waals surface area contributed by atoms with Crippen LogP contribution < -0.4 is 4.90 Å². The summed E-state index contributed by atoms with van der Waals surface area (Å²) in [7, 11) is 2.02. The largest absolute Gasteiger partial charge is 0.395 e. The minimum atomic E-state index is 0.216. The van der Waals surface area contributed by atoms with E-state index in [4.69, 9.17) is 5.11 Å². The second-order valence-electron chi connectivity index (χ2n) is 3.95. The third-order valence-electron chi connectivity index (χ3n) is 2.96. The highest BCUT2D eigenvalue weighted by Gasteiger charge is 2.11. The molecule has 0 heterocycles. The fourth-order valence-corrected chi connectivity index (χ4v) is 2.07. The van der Waals surface area contributed by atoms with Crippen molar-refractivity contribution < 1.29 is 5.11 Å². The maximum Gasteiger partial charge on any atom is 0.0606 e. The molecule has 0 spiro atoms. The number of hydrogen-bond donors (Lipinski definition) is 1. The first-order chi connectivity index (χ1) is 6.81. The first-order valence-corrected chi connectivity index (χ1v) is 5.25. The van der Waals surface area contributed by atoms with Crippen molar-refractivity contribution in [2.24, 2.45) is 0 Å². The average molecular weight is 191 g/mol. The van der Waals surface area contributed by atoms with Crippen LogP contribution in [0.3, 0.4) is 0 Å². The normalized spacial score (nSPS) is 14.1. The summed E-state index contributed by atoms with van der Waals surface area (Å²) >= 11 is 0. The maximum atomic E-state index is 8.85. The molecule has 0 unspecified atom stereocenters. The van der Waals surface area contributed by atoms with E-state index in [0.717, 1.165) is 0 Å². The van der Waals surface area contributed by atoms with Crippen LogP contribution in [0.2, 0.25) is 0 Å². The zero-order valence-electron chi connectivity index (χ0n) is 8.66. The molecule has 0 saturated heterocycles. The number of rotatable bonds is 3. The summed E-state index contributed by atoms with van der Waals surface area (Å²) in [4.78, 5) is 2.10. The molecule has 0 radical (unpaired) electrons. The molecule has 0 aliphatic heterocycles. The number of aliphatic hydroxyl groups is 1. The summed E-state index contributed by atoms with van der Waals surface area (Å²) in [5.74, 6) is 0. The number of hydrogen-bond acceptors (Lipinski definition) is 2. The van der Waals surface area contributed by atoms with E-state index in [9.17, 15) is 0 Å². The molecule has 76 valence electrons. The number of fused-ring (bicyclic) bond motifs is 1. The molecule has 1 aromatic rings. The SMILES string of the molecule is CN(CCO)c1ccc2c(c1)CCC2. The van der Waals surface area contributed by atoms with Gasteiger partial charge in [0, 0.05) is 19.3 Å². The highest BCUT2D eigenvalue weighted by atomic mass is 16.3. The molecular formula is C12H17NO. The van der Waals surface area contributed by atoms with Crippen LogP contribution in [0.25, 0.3) is 0 Å². The molecular weight excluding hydrogens is 174 g/mol. The summed E-state index contributed by atoms with van der Waals surface area (Å²) in [6.07, 6.45) is 3.75. The van der Waals surface area contributed by atoms with Crippen molar-refractivity contribution in [3.8, 4) is 0 Å². The summed E-state index contributed by atoms with van der Waals surface area (Å²) in [5, 5.41) is 8.85. The summed E-state index contributed by atoms with van der Waals surface area (Å²) in [6.45, 7) is 0.923. The quantitative estimate of drug-likeness (QED) is 0.784. The van der Waals surface area contributed by atoms with Crippen molar-refractivity contribution >= 4 is 5.69 Å². The Hall–Kier alpha value is -1.02. The second kappa shape index (κ2) is 4.01. The van der Waals surface area contributed by atoms with Gasteiger partial charge in [-0.2, -0.15) is 0 Å². The van der Waals surface area contributed by atoms with E-state index >= 15 is 0 Å². The van der Waals surface area contributed by atoms with Crippen LogP contribution in [0.15, 0.2) is 18.2 Å². The predicted octanol–water partition coefficient (Wildman–Crippen LogP) is 1.60. The molecule has 1 aliphatic carbocycles. The van der Waals surface area contributed by atoms with E-state index in [1.165, 1.54) is 36.1 Å². The number of likely N-dealkylation sites (N-methyl/N-ethyl adjacent to an activating group) is 1.